The van der Waals surface area contributed by atoms with E-state index in [1.54, 1.807) is 0 Å². The van der Waals surface area contributed by atoms with Gasteiger partial charge in [0.15, 0.2) is 0 Å². The van der Waals surface area contributed by atoms with Gasteiger partial charge in [-0.15, -0.1) is 0 Å². The Morgan fingerprint density at radius 3 is 2.75 bits per heavy atom. The summed E-state index contributed by atoms with van der Waals surface area (Å²) < 4.78 is 0. The molecule has 12 heavy (non-hydrogen) atoms. The van der Waals surface area contributed by atoms with E-state index in [-0.39, 0.29) is 20.3 Å². The molecule has 1 aromatic carbocycles. The molecule has 1 heteroatoms. The van der Waals surface area contributed by atoms with Crippen LogP contribution < -0.4 is 18.9 Å². The van der Waals surface area contributed by atoms with Crippen LogP contribution in [0.25, 0.3) is 6.08 Å². The van der Waals surface area contributed by atoms with E-state index in [9.17, 15) is 0 Å². The van der Waals surface area contributed by atoms with Crippen LogP contribution in [0.15, 0.2) is 24.3 Å². The number of rotatable bonds is 0. The molecule has 0 saturated heterocycles. The van der Waals surface area contributed by atoms with Crippen molar-refractivity contribution in [2.45, 2.75) is 19.8 Å². The second-order valence-corrected chi connectivity index (χ2v) is 3.23. The molecule has 0 aromatic heterocycles. The summed E-state index contributed by atoms with van der Waals surface area (Å²) in [6, 6.07) is 6.49. The van der Waals surface area contributed by atoms with E-state index < -0.39 is 0 Å². The normalized spacial score (nSPS) is 18.7. The van der Waals surface area contributed by atoms with Crippen LogP contribution in [0.4, 0.5) is 0 Å². The minimum Gasteiger partial charge on any atom is -1.00 e. The molecule has 0 nitrogen and oxygen atoms in total. The molecular formula is C11H13Li. The Morgan fingerprint density at radius 1 is 1.33 bits per heavy atom. The Hall–Kier alpha value is -0.443. The molecule has 1 aromatic rings. The Morgan fingerprint density at radius 2 is 2.08 bits per heavy atom. The van der Waals surface area contributed by atoms with E-state index in [1.807, 2.05) is 0 Å². The van der Waals surface area contributed by atoms with Crippen molar-refractivity contribution in [3.05, 3.63) is 41.0 Å². The van der Waals surface area contributed by atoms with Crippen LogP contribution in [-0.2, 0) is 0 Å². The van der Waals surface area contributed by atoms with Crippen molar-refractivity contribution in [2.24, 2.45) is 0 Å². The van der Waals surface area contributed by atoms with Gasteiger partial charge in [-0.3, -0.25) is 0 Å². The largest absolute Gasteiger partial charge is 1.00 e. The van der Waals surface area contributed by atoms with E-state index in [0.717, 1.165) is 0 Å². The first-order valence-corrected chi connectivity index (χ1v) is 4.07. The first kappa shape index (κ1) is 9.64. The van der Waals surface area contributed by atoms with Crippen LogP contribution in [0.2, 0.25) is 0 Å². The first-order chi connectivity index (χ1) is 5.29. The van der Waals surface area contributed by atoms with E-state index in [4.69, 9.17) is 0 Å². The fourth-order valence-corrected chi connectivity index (χ4v) is 1.81. The Bertz CT molecular complexity index is 318. The van der Waals surface area contributed by atoms with Gasteiger partial charge in [0, 0.05) is 5.92 Å². The third-order valence-electron chi connectivity index (χ3n) is 2.38. The number of allylic oxidation sites excluding steroid dienone is 1. The molecule has 1 atom stereocenters. The Labute approximate surface area is 87.3 Å². The van der Waals surface area contributed by atoms with Crippen molar-refractivity contribution in [1.82, 2.24) is 0 Å². The number of fused-ring (bicyclic) bond motifs is 1. The number of benzene rings is 1. The molecule has 0 radical (unpaired) electrons. The van der Waals surface area contributed by atoms with Crippen LogP contribution in [0.1, 0.15) is 31.0 Å². The topological polar surface area (TPSA) is 0 Å². The molecular weight excluding hydrogens is 139 g/mol. The minimum absolute atomic E-state index is 0. The van der Waals surface area contributed by atoms with Crippen LogP contribution in [0.5, 0.6) is 0 Å². The number of hydrogen-bond acceptors (Lipinski definition) is 0. The van der Waals surface area contributed by atoms with E-state index in [0.29, 0.717) is 5.92 Å². The van der Waals surface area contributed by atoms with Gasteiger partial charge in [0.2, 0.25) is 0 Å². The zero-order chi connectivity index (χ0) is 7.84. The second-order valence-electron chi connectivity index (χ2n) is 3.23. The van der Waals surface area contributed by atoms with Crippen LogP contribution >= 0.6 is 0 Å². The average molecular weight is 152 g/mol. The van der Waals surface area contributed by atoms with Crippen molar-refractivity contribution >= 4 is 6.08 Å². The molecule has 1 aliphatic rings. The summed E-state index contributed by atoms with van der Waals surface area (Å²) in [5.41, 5.74) is 4.32. The van der Waals surface area contributed by atoms with Crippen LogP contribution in [0, 0.1) is 6.92 Å². The monoisotopic (exact) mass is 152 g/mol. The number of aryl methyl sites for hydroxylation is 1. The predicted molar refractivity (Wildman–Crippen MR) is 49.7 cm³/mol. The molecule has 0 spiro atoms. The standard InChI is InChI=1S/C11H12.Li.H/c1-8-4-3-5-10-7-6-9(2)11(8)10;;/h3-7,9H,1-2H3;;/q;+1;-1. The van der Waals surface area contributed by atoms with Gasteiger partial charge in [0.1, 0.15) is 0 Å². The maximum Gasteiger partial charge on any atom is 1.00 e. The third kappa shape index (κ3) is 1.38. The van der Waals surface area contributed by atoms with Crippen LogP contribution in [0.3, 0.4) is 0 Å². The Kier molecular flexibility index (Phi) is 2.83. The van der Waals surface area contributed by atoms with Gasteiger partial charge in [-0.1, -0.05) is 37.3 Å². The van der Waals surface area contributed by atoms with Gasteiger partial charge in [0.25, 0.3) is 0 Å². The summed E-state index contributed by atoms with van der Waals surface area (Å²) in [7, 11) is 0. The third-order valence-corrected chi connectivity index (χ3v) is 2.38. The van der Waals surface area contributed by atoms with Crippen molar-refractivity contribution in [1.29, 1.82) is 0 Å². The van der Waals surface area contributed by atoms with E-state index in [2.05, 4.69) is 44.2 Å². The summed E-state index contributed by atoms with van der Waals surface area (Å²) >= 11 is 0. The smallest absolute Gasteiger partial charge is 1.00 e. The SMILES string of the molecule is Cc1cccc2c1C(C)C=C2.[H-].[Li+]. The quantitative estimate of drug-likeness (QED) is 0.467. The number of hydrogen-bond donors (Lipinski definition) is 0. The van der Waals surface area contributed by atoms with Crippen molar-refractivity contribution in [2.75, 3.05) is 0 Å². The van der Waals surface area contributed by atoms with Crippen LogP contribution in [-0.4, -0.2) is 0 Å². The average Bonchev–Trinajstić information content (AvgIpc) is 2.34. The van der Waals surface area contributed by atoms with Gasteiger partial charge < -0.3 is 1.43 Å². The van der Waals surface area contributed by atoms with Gasteiger partial charge in [-0.05, 0) is 23.6 Å². The van der Waals surface area contributed by atoms with Gasteiger partial charge in [-0.2, -0.15) is 0 Å². The Balaban J connectivity index is 0.000000720. The van der Waals surface area contributed by atoms with Crippen molar-refractivity contribution in [3.63, 3.8) is 0 Å². The molecule has 2 rings (SSSR count). The van der Waals surface area contributed by atoms with Gasteiger partial charge in [-0.25, -0.2) is 0 Å². The van der Waals surface area contributed by atoms with Crippen molar-refractivity contribution < 1.29 is 20.3 Å². The van der Waals surface area contributed by atoms with Gasteiger partial charge >= 0.3 is 18.9 Å². The summed E-state index contributed by atoms with van der Waals surface area (Å²) in [6.07, 6.45) is 4.48. The van der Waals surface area contributed by atoms with E-state index >= 15 is 0 Å². The molecule has 0 fully saturated rings. The zero-order valence-electron chi connectivity index (χ0n) is 8.96. The van der Waals surface area contributed by atoms with Crippen molar-refractivity contribution in [3.8, 4) is 0 Å². The molecule has 1 unspecified atom stereocenters. The molecule has 0 aliphatic heterocycles. The van der Waals surface area contributed by atoms with Gasteiger partial charge in [0.05, 0.1) is 0 Å². The molecule has 1 aliphatic carbocycles. The molecule has 0 bridgehead atoms. The summed E-state index contributed by atoms with van der Waals surface area (Å²) in [5, 5.41) is 0. The summed E-state index contributed by atoms with van der Waals surface area (Å²) in [4.78, 5) is 0. The summed E-state index contributed by atoms with van der Waals surface area (Å²) in [6.45, 7) is 4.43. The molecule has 0 amide bonds. The maximum atomic E-state index is 2.26. The predicted octanol–water partition coefficient (Wildman–Crippen LogP) is 0.242. The molecule has 0 saturated carbocycles. The summed E-state index contributed by atoms with van der Waals surface area (Å²) in [5.74, 6) is 0.617. The molecule has 0 heterocycles. The minimum atomic E-state index is 0. The fraction of sp³-hybridized carbons (Fsp3) is 0.273. The maximum absolute atomic E-state index is 2.26. The van der Waals surface area contributed by atoms with E-state index in [1.165, 1.54) is 16.7 Å². The fourth-order valence-electron chi connectivity index (χ4n) is 1.81. The first-order valence-electron chi connectivity index (χ1n) is 4.07. The second kappa shape index (κ2) is 3.52. The molecule has 58 valence electrons. The molecule has 0 N–H and O–H groups in total. The zero-order valence-corrected chi connectivity index (χ0v) is 7.96.